The topological polar surface area (TPSA) is 123 Å². The first-order valence-electron chi connectivity index (χ1n) is 13.1. The van der Waals surface area contributed by atoms with Crippen molar-refractivity contribution in [2.75, 3.05) is 28.6 Å². The van der Waals surface area contributed by atoms with Gasteiger partial charge in [0.25, 0.3) is 5.56 Å². The van der Waals surface area contributed by atoms with Gasteiger partial charge in [-0.25, -0.2) is 14.4 Å². The summed E-state index contributed by atoms with van der Waals surface area (Å²) in [6.45, 7) is 3.41. The number of pyridine rings is 3. The molecule has 0 unspecified atom stereocenters. The molecule has 0 spiro atoms. The number of H-pyrrole nitrogens is 1. The highest BCUT2D eigenvalue weighted by Crippen LogP contribution is 2.45. The maximum absolute atomic E-state index is 15.3. The van der Waals surface area contributed by atoms with Gasteiger partial charge in [0.05, 0.1) is 40.3 Å². The van der Waals surface area contributed by atoms with Crippen molar-refractivity contribution in [3.63, 3.8) is 0 Å². The third-order valence-corrected chi connectivity index (χ3v) is 7.62. The van der Waals surface area contributed by atoms with Crippen LogP contribution in [0.3, 0.4) is 0 Å². The molecular weight excluding hydrogens is 499 g/mol. The van der Waals surface area contributed by atoms with E-state index in [1.54, 1.807) is 30.5 Å². The van der Waals surface area contributed by atoms with Crippen molar-refractivity contribution in [3.05, 3.63) is 71.0 Å². The van der Waals surface area contributed by atoms with Gasteiger partial charge in [-0.1, -0.05) is 6.92 Å². The molecule has 3 aromatic heterocycles. The van der Waals surface area contributed by atoms with E-state index in [-0.39, 0.29) is 28.5 Å². The molecule has 0 bridgehead atoms. The Labute approximate surface area is 224 Å². The number of piperidine rings is 1. The molecule has 2 fully saturated rings. The minimum absolute atomic E-state index is 0.111. The highest BCUT2D eigenvalue weighted by molar-refractivity contribution is 5.97. The summed E-state index contributed by atoms with van der Waals surface area (Å²) in [6, 6.07) is 11.6. The van der Waals surface area contributed by atoms with E-state index < -0.39 is 5.82 Å². The fraction of sp³-hybridized carbons (Fsp3) is 0.310. The van der Waals surface area contributed by atoms with E-state index in [1.807, 2.05) is 19.1 Å². The summed E-state index contributed by atoms with van der Waals surface area (Å²) in [4.78, 5) is 39.0. The third-order valence-electron chi connectivity index (χ3n) is 7.62. The minimum Gasteiger partial charge on any atom is -0.393 e. The molecule has 1 aliphatic heterocycles. The van der Waals surface area contributed by atoms with Crippen LogP contribution in [0.4, 0.5) is 27.3 Å². The van der Waals surface area contributed by atoms with Crippen LogP contribution in [-0.2, 0) is 4.79 Å². The Morgan fingerprint density at radius 2 is 1.95 bits per heavy atom. The first kappa shape index (κ1) is 25.0. The van der Waals surface area contributed by atoms with Crippen LogP contribution < -0.4 is 21.1 Å². The molecule has 39 heavy (non-hydrogen) atoms. The number of carbonyl (C=O) groups excluding carboxylic acids is 1. The second-order valence-corrected chi connectivity index (χ2v) is 10.6. The van der Waals surface area contributed by atoms with E-state index >= 15 is 4.39 Å². The number of nitrogens with one attached hydrogen (secondary N) is 3. The van der Waals surface area contributed by atoms with Gasteiger partial charge in [-0.2, -0.15) is 0 Å². The van der Waals surface area contributed by atoms with E-state index in [0.29, 0.717) is 33.8 Å². The Balaban J connectivity index is 1.30. The third kappa shape index (κ3) is 5.07. The highest BCUT2D eigenvalue weighted by atomic mass is 19.1. The van der Waals surface area contributed by atoms with Crippen LogP contribution in [-0.4, -0.2) is 45.2 Å². The molecule has 1 amide bonds. The number of aromatic amines is 1. The van der Waals surface area contributed by atoms with Crippen molar-refractivity contribution in [1.82, 2.24) is 15.0 Å². The van der Waals surface area contributed by atoms with Crippen LogP contribution in [0, 0.1) is 11.2 Å². The van der Waals surface area contributed by atoms with Crippen molar-refractivity contribution in [2.45, 2.75) is 38.7 Å². The summed E-state index contributed by atoms with van der Waals surface area (Å²) >= 11 is 0. The summed E-state index contributed by atoms with van der Waals surface area (Å²) in [5.41, 5.74) is 2.07. The fourth-order valence-electron chi connectivity index (χ4n) is 4.84. The van der Waals surface area contributed by atoms with Crippen LogP contribution >= 0.6 is 0 Å². The maximum atomic E-state index is 15.3. The molecule has 1 aromatic carbocycles. The normalized spacial score (nSPS) is 16.7. The van der Waals surface area contributed by atoms with E-state index in [4.69, 9.17) is 0 Å². The number of nitrogens with zero attached hydrogens (tertiary/aromatic N) is 3. The zero-order valence-electron chi connectivity index (χ0n) is 21.5. The molecule has 1 aliphatic carbocycles. The number of aromatic nitrogens is 3. The molecule has 4 heterocycles. The lowest BCUT2D eigenvalue weighted by atomic mass is 10.1. The minimum atomic E-state index is -0.537. The SMILES string of the molecule is CC1(C(=O)Nc2ccc(-c3cc(Nc4ccc(N5CCC(O)CC5)cn4)c4c(=O)[nH]ccc4n3)c(F)c2)CC1. The molecule has 0 atom stereocenters. The number of aliphatic hydroxyl groups is 1. The van der Waals surface area contributed by atoms with Gasteiger partial charge >= 0.3 is 0 Å². The molecule has 4 N–H and O–H groups in total. The summed E-state index contributed by atoms with van der Waals surface area (Å²) in [5, 5.41) is 16.1. The number of rotatable bonds is 6. The monoisotopic (exact) mass is 528 g/mol. The van der Waals surface area contributed by atoms with Gasteiger partial charge in [0.15, 0.2) is 0 Å². The zero-order valence-corrected chi connectivity index (χ0v) is 21.5. The Hall–Kier alpha value is -4.31. The quantitative estimate of drug-likeness (QED) is 0.289. The van der Waals surface area contributed by atoms with E-state index in [0.717, 1.165) is 44.5 Å². The summed E-state index contributed by atoms with van der Waals surface area (Å²) in [5.74, 6) is -0.129. The standard InChI is InChI=1S/C29H29FN6O3/c1-29(9-10-29)28(39)33-17-2-4-20(21(30)14-17)23-15-24(26-22(34-23)6-11-31-27(26)38)35-25-5-3-18(16-32-25)36-12-7-19(37)8-13-36/h2-6,11,14-16,19,37H,7-10,12-13H2,1H3,(H,31,38)(H,33,39)(H,32,34,35). The lowest BCUT2D eigenvalue weighted by molar-refractivity contribution is -0.120. The van der Waals surface area contributed by atoms with Gasteiger partial charge in [0.1, 0.15) is 11.6 Å². The van der Waals surface area contributed by atoms with Crippen molar-refractivity contribution >= 4 is 39.7 Å². The van der Waals surface area contributed by atoms with Crippen LogP contribution in [0.25, 0.3) is 22.2 Å². The van der Waals surface area contributed by atoms with Crippen molar-refractivity contribution in [1.29, 1.82) is 0 Å². The number of halogens is 1. The van der Waals surface area contributed by atoms with E-state index in [1.165, 1.54) is 12.3 Å². The Kier molecular flexibility index (Phi) is 6.26. The van der Waals surface area contributed by atoms with Gasteiger partial charge in [-0.3, -0.25) is 9.59 Å². The molecule has 1 saturated heterocycles. The van der Waals surface area contributed by atoms with E-state index in [9.17, 15) is 14.7 Å². The summed E-state index contributed by atoms with van der Waals surface area (Å²) in [6.07, 6.45) is 6.10. The smallest absolute Gasteiger partial charge is 0.259 e. The van der Waals surface area contributed by atoms with Crippen molar-refractivity contribution in [3.8, 4) is 11.3 Å². The number of aliphatic hydroxyl groups excluding tert-OH is 1. The average Bonchev–Trinajstić information content (AvgIpc) is 3.68. The van der Waals surface area contributed by atoms with Gasteiger partial charge in [0.2, 0.25) is 5.91 Å². The van der Waals surface area contributed by atoms with Crippen molar-refractivity contribution in [2.24, 2.45) is 5.41 Å². The Bertz CT molecular complexity index is 1610. The van der Waals surface area contributed by atoms with Gasteiger partial charge in [0, 0.05) is 36.0 Å². The summed E-state index contributed by atoms with van der Waals surface area (Å²) in [7, 11) is 0. The first-order chi connectivity index (χ1) is 18.8. The highest BCUT2D eigenvalue weighted by Gasteiger charge is 2.44. The lowest BCUT2D eigenvalue weighted by Crippen LogP contribution is -2.35. The maximum Gasteiger partial charge on any atom is 0.259 e. The largest absolute Gasteiger partial charge is 0.393 e. The van der Waals surface area contributed by atoms with Gasteiger partial charge in [-0.05, 0) is 68.1 Å². The molecule has 200 valence electrons. The second kappa shape index (κ2) is 9.77. The molecule has 4 aromatic rings. The predicted molar refractivity (Wildman–Crippen MR) is 149 cm³/mol. The number of fused-ring (bicyclic) bond motifs is 1. The number of benzene rings is 1. The average molecular weight is 529 g/mol. The zero-order chi connectivity index (χ0) is 27.1. The molecular formula is C29H29FN6O3. The number of hydrogen-bond acceptors (Lipinski definition) is 7. The predicted octanol–water partition coefficient (Wildman–Crippen LogP) is 4.57. The second-order valence-electron chi connectivity index (χ2n) is 10.6. The molecule has 9 nitrogen and oxygen atoms in total. The fourth-order valence-corrected chi connectivity index (χ4v) is 4.84. The van der Waals surface area contributed by atoms with Crippen LogP contribution in [0.1, 0.15) is 32.6 Å². The number of hydrogen-bond donors (Lipinski definition) is 4. The van der Waals surface area contributed by atoms with Crippen LogP contribution in [0.5, 0.6) is 0 Å². The number of anilines is 4. The number of amides is 1. The van der Waals surface area contributed by atoms with Crippen LogP contribution in [0.15, 0.2) is 59.7 Å². The Morgan fingerprint density at radius 1 is 1.15 bits per heavy atom. The Morgan fingerprint density at radius 3 is 2.64 bits per heavy atom. The molecule has 0 radical (unpaired) electrons. The summed E-state index contributed by atoms with van der Waals surface area (Å²) < 4.78 is 15.3. The van der Waals surface area contributed by atoms with E-state index in [2.05, 4.69) is 30.5 Å². The molecule has 2 aliphatic rings. The van der Waals surface area contributed by atoms with Crippen LogP contribution in [0.2, 0.25) is 0 Å². The molecule has 6 rings (SSSR count). The van der Waals surface area contributed by atoms with Gasteiger partial charge in [-0.15, -0.1) is 0 Å². The first-order valence-corrected chi connectivity index (χ1v) is 13.1. The molecule has 1 saturated carbocycles. The number of carbonyl (C=O) groups is 1. The lowest BCUT2D eigenvalue weighted by Gasteiger charge is -2.31. The van der Waals surface area contributed by atoms with Gasteiger partial charge < -0.3 is 25.6 Å². The molecule has 10 heteroatoms. The van der Waals surface area contributed by atoms with Crippen molar-refractivity contribution < 1.29 is 14.3 Å².